The first kappa shape index (κ1) is 23.4. The minimum atomic E-state index is -3.82. The maximum atomic E-state index is 13.1. The SMILES string of the molecule is CCn1cc(S(=O)(=O)N2CCCN(S(=O)(=O)c3ccccc3)CCC(=O)NCC2)cn1. The van der Waals surface area contributed by atoms with Crippen molar-refractivity contribution < 1.29 is 21.6 Å². The lowest BCUT2D eigenvalue weighted by molar-refractivity contribution is -0.121. The fourth-order valence-corrected chi connectivity index (χ4v) is 6.24. The van der Waals surface area contributed by atoms with Crippen LogP contribution in [0.2, 0.25) is 0 Å². The molecular formula is C19H27N5O5S2. The summed E-state index contributed by atoms with van der Waals surface area (Å²) in [6.07, 6.45) is 3.06. The van der Waals surface area contributed by atoms with Gasteiger partial charge < -0.3 is 5.32 Å². The van der Waals surface area contributed by atoms with E-state index in [1.807, 2.05) is 6.92 Å². The van der Waals surface area contributed by atoms with Gasteiger partial charge in [0.2, 0.25) is 26.0 Å². The Hall–Kier alpha value is -2.28. The largest absolute Gasteiger partial charge is 0.355 e. The van der Waals surface area contributed by atoms with E-state index in [4.69, 9.17) is 0 Å². The molecule has 1 aliphatic heterocycles. The quantitative estimate of drug-likeness (QED) is 0.680. The molecule has 31 heavy (non-hydrogen) atoms. The van der Waals surface area contributed by atoms with E-state index < -0.39 is 20.0 Å². The molecule has 1 saturated heterocycles. The third kappa shape index (κ3) is 5.50. The predicted octanol–water partition coefficient (Wildman–Crippen LogP) is 0.495. The van der Waals surface area contributed by atoms with E-state index >= 15 is 0 Å². The van der Waals surface area contributed by atoms with E-state index in [-0.39, 0.29) is 54.8 Å². The van der Waals surface area contributed by atoms with Gasteiger partial charge in [-0.25, -0.2) is 16.8 Å². The van der Waals surface area contributed by atoms with E-state index in [1.165, 1.54) is 37.8 Å². The Morgan fingerprint density at radius 3 is 2.23 bits per heavy atom. The number of aryl methyl sites for hydroxylation is 1. The maximum Gasteiger partial charge on any atom is 0.246 e. The Balaban J connectivity index is 1.82. The lowest BCUT2D eigenvalue weighted by Crippen LogP contribution is -2.39. The molecule has 0 bridgehead atoms. The fourth-order valence-electron chi connectivity index (χ4n) is 3.30. The summed E-state index contributed by atoms with van der Waals surface area (Å²) in [7, 11) is -7.62. The number of carbonyl (C=O) groups is 1. The molecule has 0 radical (unpaired) electrons. The molecule has 3 rings (SSSR count). The Morgan fingerprint density at radius 1 is 0.935 bits per heavy atom. The summed E-state index contributed by atoms with van der Waals surface area (Å²) in [4.78, 5) is 12.4. The molecule has 1 aromatic carbocycles. The molecule has 1 fully saturated rings. The Morgan fingerprint density at radius 2 is 1.58 bits per heavy atom. The Bertz CT molecular complexity index is 1100. The highest BCUT2D eigenvalue weighted by Crippen LogP contribution is 2.19. The minimum Gasteiger partial charge on any atom is -0.355 e. The second-order valence-corrected chi connectivity index (χ2v) is 11.0. The molecule has 0 unspecified atom stereocenters. The predicted molar refractivity (Wildman–Crippen MR) is 114 cm³/mol. The minimum absolute atomic E-state index is 0.00207. The average Bonchev–Trinajstić information content (AvgIpc) is 3.23. The number of hydrogen-bond acceptors (Lipinski definition) is 6. The first-order valence-corrected chi connectivity index (χ1v) is 13.0. The molecule has 0 spiro atoms. The van der Waals surface area contributed by atoms with Gasteiger partial charge in [-0.3, -0.25) is 9.48 Å². The van der Waals surface area contributed by atoms with Crippen LogP contribution in [-0.4, -0.2) is 73.9 Å². The van der Waals surface area contributed by atoms with Crippen molar-refractivity contribution >= 4 is 26.0 Å². The smallest absolute Gasteiger partial charge is 0.246 e. The summed E-state index contributed by atoms with van der Waals surface area (Å²) in [6, 6.07) is 8.00. The van der Waals surface area contributed by atoms with E-state index in [9.17, 15) is 21.6 Å². The van der Waals surface area contributed by atoms with Crippen LogP contribution in [0.15, 0.2) is 52.5 Å². The number of hydrogen-bond donors (Lipinski definition) is 1. The van der Waals surface area contributed by atoms with Crippen molar-refractivity contribution in [3.63, 3.8) is 0 Å². The standard InChI is InChI=1S/C19H27N5O5S2/c1-2-22-16-18(15-21-22)31(28,29)24-12-6-11-23(13-9-19(25)20-10-14-24)30(26,27)17-7-4-3-5-8-17/h3-5,7-8,15-16H,2,6,9-14H2,1H3,(H,20,25). The lowest BCUT2D eigenvalue weighted by Gasteiger charge is -2.24. The number of nitrogens with zero attached hydrogens (tertiary/aromatic N) is 4. The highest BCUT2D eigenvalue weighted by molar-refractivity contribution is 7.89. The average molecular weight is 470 g/mol. The normalized spacial score (nSPS) is 18.3. The maximum absolute atomic E-state index is 13.1. The van der Waals surface area contributed by atoms with Crippen molar-refractivity contribution in [2.45, 2.75) is 36.1 Å². The van der Waals surface area contributed by atoms with Crippen molar-refractivity contribution in [3.8, 4) is 0 Å². The zero-order valence-electron chi connectivity index (χ0n) is 17.3. The Labute approximate surface area is 182 Å². The van der Waals surface area contributed by atoms with Gasteiger partial charge in [-0.2, -0.15) is 13.7 Å². The van der Waals surface area contributed by atoms with Gasteiger partial charge in [-0.1, -0.05) is 18.2 Å². The van der Waals surface area contributed by atoms with Crippen molar-refractivity contribution in [1.29, 1.82) is 0 Å². The van der Waals surface area contributed by atoms with E-state index in [0.29, 0.717) is 13.0 Å². The molecule has 2 aromatic rings. The van der Waals surface area contributed by atoms with E-state index in [1.54, 1.807) is 18.2 Å². The molecule has 0 aliphatic carbocycles. The molecular weight excluding hydrogens is 442 g/mol. The first-order chi connectivity index (χ1) is 14.7. The summed E-state index contributed by atoms with van der Waals surface area (Å²) in [6.45, 7) is 2.88. The summed E-state index contributed by atoms with van der Waals surface area (Å²) < 4.78 is 56.2. The van der Waals surface area contributed by atoms with E-state index in [2.05, 4.69) is 10.4 Å². The fraction of sp³-hybridized carbons (Fsp3) is 0.474. The van der Waals surface area contributed by atoms with Crippen LogP contribution in [0, 0.1) is 0 Å². The van der Waals surface area contributed by atoms with Crippen molar-refractivity contribution in [2.24, 2.45) is 0 Å². The summed E-state index contributed by atoms with van der Waals surface area (Å²) in [5.74, 6) is -0.327. The van der Waals surface area contributed by atoms with Gasteiger partial charge in [0.1, 0.15) is 4.90 Å². The highest BCUT2D eigenvalue weighted by Gasteiger charge is 2.29. The van der Waals surface area contributed by atoms with Gasteiger partial charge >= 0.3 is 0 Å². The topological polar surface area (TPSA) is 122 Å². The number of benzene rings is 1. The van der Waals surface area contributed by atoms with Crippen LogP contribution in [0.3, 0.4) is 0 Å². The summed E-state index contributed by atoms with van der Waals surface area (Å²) in [5, 5.41) is 6.70. The molecule has 10 nitrogen and oxygen atoms in total. The van der Waals surface area contributed by atoms with Gasteiger partial charge in [0.15, 0.2) is 0 Å². The summed E-state index contributed by atoms with van der Waals surface area (Å²) >= 11 is 0. The molecule has 0 atom stereocenters. The molecule has 1 aromatic heterocycles. The molecule has 0 saturated carbocycles. The van der Waals surface area contributed by atoms with Crippen LogP contribution in [0.5, 0.6) is 0 Å². The Kier molecular flexibility index (Phi) is 7.46. The van der Waals surface area contributed by atoms with Crippen LogP contribution in [0.1, 0.15) is 19.8 Å². The third-order valence-electron chi connectivity index (χ3n) is 5.04. The molecule has 1 aliphatic rings. The van der Waals surface area contributed by atoms with Crippen LogP contribution >= 0.6 is 0 Å². The number of rotatable bonds is 5. The van der Waals surface area contributed by atoms with Crippen molar-refractivity contribution in [2.75, 3.05) is 32.7 Å². The van der Waals surface area contributed by atoms with Gasteiger partial charge in [0.25, 0.3) is 0 Å². The van der Waals surface area contributed by atoms with E-state index in [0.717, 1.165) is 0 Å². The molecule has 2 heterocycles. The molecule has 12 heteroatoms. The number of carbonyl (C=O) groups excluding carboxylic acids is 1. The van der Waals surface area contributed by atoms with Gasteiger partial charge in [0.05, 0.1) is 11.1 Å². The molecule has 1 amide bonds. The number of sulfonamides is 2. The van der Waals surface area contributed by atoms with Gasteiger partial charge in [0, 0.05) is 51.9 Å². The number of amides is 1. The number of aromatic nitrogens is 2. The van der Waals surface area contributed by atoms with Gasteiger partial charge in [-0.15, -0.1) is 0 Å². The van der Waals surface area contributed by atoms with Crippen molar-refractivity contribution in [1.82, 2.24) is 23.7 Å². The second kappa shape index (κ2) is 9.90. The van der Waals surface area contributed by atoms with Crippen LogP contribution in [-0.2, 0) is 31.4 Å². The highest BCUT2D eigenvalue weighted by atomic mass is 32.2. The van der Waals surface area contributed by atoms with Crippen LogP contribution in [0.25, 0.3) is 0 Å². The second-order valence-electron chi connectivity index (χ2n) is 7.11. The zero-order valence-corrected chi connectivity index (χ0v) is 19.0. The van der Waals surface area contributed by atoms with Crippen molar-refractivity contribution in [3.05, 3.63) is 42.7 Å². The molecule has 1 N–H and O–H groups in total. The van der Waals surface area contributed by atoms with Crippen LogP contribution < -0.4 is 5.32 Å². The zero-order chi connectivity index (χ0) is 22.5. The first-order valence-electron chi connectivity index (χ1n) is 10.1. The third-order valence-corrected chi connectivity index (χ3v) is 8.80. The van der Waals surface area contributed by atoms with Crippen LogP contribution in [0.4, 0.5) is 0 Å². The lowest BCUT2D eigenvalue weighted by atomic mass is 10.3. The van der Waals surface area contributed by atoms with Gasteiger partial charge in [-0.05, 0) is 25.5 Å². The summed E-state index contributed by atoms with van der Waals surface area (Å²) in [5.41, 5.74) is 0. The molecule has 170 valence electrons. The monoisotopic (exact) mass is 469 g/mol. The number of nitrogens with one attached hydrogen (secondary N) is 1.